The summed E-state index contributed by atoms with van der Waals surface area (Å²) in [7, 11) is 10.3. The van der Waals surface area contributed by atoms with Crippen LogP contribution in [0.5, 0.6) is 69.0 Å². The van der Waals surface area contributed by atoms with Gasteiger partial charge in [0.05, 0.1) is 65.4 Å². The normalized spacial score (nSPS) is 18.2. The summed E-state index contributed by atoms with van der Waals surface area (Å²) in [4.78, 5) is 18.5. The summed E-state index contributed by atoms with van der Waals surface area (Å²) < 4.78 is 70.6. The number of nitrogens with zero attached hydrogens (tertiary/aromatic N) is 6. The van der Waals surface area contributed by atoms with E-state index in [1.807, 2.05) is 60.9 Å². The molecule has 9 aliphatic rings. The van der Waals surface area contributed by atoms with Crippen molar-refractivity contribution >= 4 is 76.6 Å². The quantitative estimate of drug-likeness (QED) is 0.0683. The van der Waals surface area contributed by atoms with E-state index in [1.165, 1.54) is 67.0 Å². The van der Waals surface area contributed by atoms with Crippen LogP contribution in [0.25, 0.3) is 11.8 Å². The molecule has 6 aromatic carbocycles. The summed E-state index contributed by atoms with van der Waals surface area (Å²) in [5.74, 6) is 10.1. The Morgan fingerprint density at radius 1 is 0.518 bits per heavy atom. The number of rotatable bonds is 11. The van der Waals surface area contributed by atoms with Crippen molar-refractivity contribution in [2.45, 2.75) is 118 Å². The standard InChI is InChI=1S/C28H30N2O4.C28H29N2O4.C22H23NO4.C6H6BrN.CHCl3.B.BrH.Na.H/c2*1-28(2)25-19(8-9-22(31-3)27(25)32-4)21(14-18-7-5-6-11-29-18)26-20-15-24-23(33-16-34-24)13-17(20)10-12-30(26)28;1-22(2)20-14(5-6-17(24-3)21(20)25-4)9-16-15-11-19-18(26-12-27-19)10-13(15)7-8-23(16)22;7-5-6-3-1-2-4-8-6;2-1(3)4;;;;/h5-9,11,13,15,21,26H,10,12,14,16H2,1-4H3;5-9,11,13,15,21H,10,12,14,16H2,1-4H3;5-6,9-11H,7-8,12H2,1-4H3;1-4H,5H2;1H;;1H;;/q;+1;;;;;;+1;-1/p-1. The third-order valence-corrected chi connectivity index (χ3v) is 22.6. The van der Waals surface area contributed by atoms with E-state index in [4.69, 9.17) is 96.6 Å². The Labute approximate surface area is 704 Å². The summed E-state index contributed by atoms with van der Waals surface area (Å²) in [5, 5.41) is 0.841. The number of methoxy groups -OCH3 is 6. The number of benzene rings is 6. The van der Waals surface area contributed by atoms with Crippen LogP contribution >= 0.6 is 50.7 Å². The molecule has 0 saturated carbocycles. The van der Waals surface area contributed by atoms with Gasteiger partial charge in [-0.1, -0.05) is 87.1 Å². The fourth-order valence-electron chi connectivity index (χ4n) is 17.3. The molecule has 3 unspecified atom stereocenters. The Balaban J connectivity index is 0.000000162. The van der Waals surface area contributed by atoms with Gasteiger partial charge >= 0.3 is 29.6 Å². The molecule has 0 aliphatic carbocycles. The first-order valence-electron chi connectivity index (χ1n) is 35.9. The minimum Gasteiger partial charge on any atom is -1.00 e. The van der Waals surface area contributed by atoms with Crippen molar-refractivity contribution in [3.05, 3.63) is 230 Å². The molecule has 0 spiro atoms. The van der Waals surface area contributed by atoms with Crippen LogP contribution in [0, 0.1) is 0 Å². The number of ether oxygens (including phenoxy) is 12. The number of hydrogen-bond acceptors (Lipinski definition) is 17. The summed E-state index contributed by atoms with van der Waals surface area (Å²) in [6.07, 6.45) is 12.3. The van der Waals surface area contributed by atoms with Crippen LogP contribution in [-0.4, -0.2) is 130 Å². The minimum absolute atomic E-state index is 0. The molecule has 12 heterocycles. The molecule has 0 N–H and O–H groups in total. The van der Waals surface area contributed by atoms with E-state index in [-0.39, 0.29) is 104 Å². The Morgan fingerprint density at radius 3 is 1.50 bits per heavy atom. The Kier molecular flexibility index (Phi) is 26.7. The topological polar surface area (TPSA) is 159 Å². The maximum atomic E-state index is 5.97. The second-order valence-electron chi connectivity index (χ2n) is 28.6. The van der Waals surface area contributed by atoms with Gasteiger partial charge in [0, 0.05) is 129 Å². The molecule has 0 saturated heterocycles. The van der Waals surface area contributed by atoms with Gasteiger partial charge in [-0.25, -0.2) is 4.58 Å². The van der Waals surface area contributed by atoms with Crippen molar-refractivity contribution in [2.75, 3.05) is 82.7 Å². The minimum atomic E-state index is -0.750. The summed E-state index contributed by atoms with van der Waals surface area (Å²) in [6, 6.07) is 43.9. The van der Waals surface area contributed by atoms with Gasteiger partial charge in [0.15, 0.2) is 84.5 Å². The number of hydrogen-bond donors (Lipinski definition) is 0. The van der Waals surface area contributed by atoms with Crippen LogP contribution in [-0.2, 0) is 54.1 Å². The van der Waals surface area contributed by atoms with Crippen molar-refractivity contribution in [3.8, 4) is 69.0 Å². The molecule has 571 valence electrons. The zero-order valence-corrected chi connectivity index (χ0v) is 71.7. The van der Waals surface area contributed by atoms with E-state index in [0.717, 1.165) is 154 Å². The Morgan fingerprint density at radius 2 is 0.982 bits per heavy atom. The van der Waals surface area contributed by atoms with Crippen molar-refractivity contribution < 1.29 is 109 Å². The maximum Gasteiger partial charge on any atom is 1.00 e. The van der Waals surface area contributed by atoms with Crippen LogP contribution in [0.15, 0.2) is 146 Å². The fourth-order valence-corrected chi connectivity index (χ4v) is 17.7. The molecular formula is C85H90BBr2Cl3N6NaO12. The number of fused-ring (bicyclic) bond motifs is 14. The molecule has 0 amide bonds. The van der Waals surface area contributed by atoms with E-state index in [1.54, 1.807) is 48.9 Å². The largest absolute Gasteiger partial charge is 1.00 e. The second kappa shape index (κ2) is 35.2. The van der Waals surface area contributed by atoms with Gasteiger partial charge < -0.3 is 80.2 Å². The number of aromatic nitrogens is 3. The van der Waals surface area contributed by atoms with E-state index in [9.17, 15) is 0 Å². The third-order valence-electron chi connectivity index (χ3n) is 22.0. The van der Waals surface area contributed by atoms with Crippen LogP contribution in [0.2, 0.25) is 0 Å². The first-order valence-corrected chi connectivity index (χ1v) is 38.3. The molecular weight excluding hydrogens is 1600 g/mol. The maximum absolute atomic E-state index is 5.97. The predicted molar refractivity (Wildman–Crippen MR) is 426 cm³/mol. The van der Waals surface area contributed by atoms with Crippen LogP contribution in [0.1, 0.15) is 145 Å². The zero-order chi connectivity index (χ0) is 75.1. The molecule has 25 heteroatoms. The third kappa shape index (κ3) is 15.8. The summed E-state index contributed by atoms with van der Waals surface area (Å²) in [6.45, 7) is 17.3. The van der Waals surface area contributed by atoms with Gasteiger partial charge in [-0.15, -0.1) is 0 Å². The Hall–Kier alpha value is -7.57. The van der Waals surface area contributed by atoms with Crippen molar-refractivity contribution in [1.29, 1.82) is 0 Å². The molecule has 9 aromatic rings. The van der Waals surface area contributed by atoms with Gasteiger partial charge in [0.1, 0.15) is 6.54 Å². The molecule has 18 rings (SSSR count). The number of pyridine rings is 3. The molecule has 3 aromatic heterocycles. The summed E-state index contributed by atoms with van der Waals surface area (Å²) >= 11 is 17.7. The van der Waals surface area contributed by atoms with Gasteiger partial charge in [-0.05, 0) is 183 Å². The van der Waals surface area contributed by atoms with Crippen LogP contribution in [0.3, 0.4) is 0 Å². The zero-order valence-electron chi connectivity index (χ0n) is 65.3. The second-order valence-corrected chi connectivity index (χ2v) is 31.2. The SMILES string of the molecule is BrCc1ccccn1.COc1ccc2c(c1OC)C(C)(C)N1CCc3cc4c(cc3C1=C2)OCO4.COc1ccc2c(c1OC)C(C)(C)N1CCc3cc4c(cc3C1C2Cc1ccccn1)OCO4.COc1ccc2c(c1OC)C(C)(C)[N+]1=C(c3cc4c(cc3CC1)OCO4)C2Cc1ccccn1.ClC(Cl)Cl.[B].[Br-].[H-].[Na+]. The van der Waals surface area contributed by atoms with E-state index < -0.39 is 4.30 Å². The molecule has 3 radical (unpaired) electrons. The van der Waals surface area contributed by atoms with Crippen molar-refractivity contribution in [3.63, 3.8) is 0 Å². The van der Waals surface area contributed by atoms with Crippen molar-refractivity contribution in [1.82, 2.24) is 24.8 Å². The van der Waals surface area contributed by atoms with Crippen LogP contribution in [0.4, 0.5) is 0 Å². The first-order chi connectivity index (χ1) is 51.8. The fraction of sp³-hybridized carbons (Fsp3) is 0.365. The predicted octanol–water partition coefficient (Wildman–Crippen LogP) is 11.2. The van der Waals surface area contributed by atoms with Gasteiger partial charge in [-0.2, -0.15) is 0 Å². The monoisotopic (exact) mass is 1680 g/mol. The molecule has 0 fully saturated rings. The molecule has 0 bridgehead atoms. The van der Waals surface area contributed by atoms with Gasteiger partial charge in [0.2, 0.25) is 20.4 Å². The Bertz CT molecular complexity index is 4880. The number of alkyl halides is 4. The van der Waals surface area contributed by atoms with Crippen LogP contribution < -0.4 is 103 Å². The average molecular weight is 1690 g/mol. The molecule has 3 atom stereocenters. The van der Waals surface area contributed by atoms with Gasteiger partial charge in [0.25, 0.3) is 0 Å². The molecule has 110 heavy (non-hydrogen) atoms. The van der Waals surface area contributed by atoms with E-state index in [2.05, 4.69) is 167 Å². The van der Waals surface area contributed by atoms with Crippen molar-refractivity contribution in [2.24, 2.45) is 0 Å². The average Bonchev–Trinajstić information content (AvgIpc) is 1.04. The summed E-state index contributed by atoms with van der Waals surface area (Å²) in [5.41, 5.74) is 20.0. The van der Waals surface area contributed by atoms with E-state index >= 15 is 0 Å². The molecule has 18 nitrogen and oxygen atoms in total. The molecule has 9 aliphatic heterocycles. The van der Waals surface area contributed by atoms with Gasteiger partial charge in [-0.3, -0.25) is 19.9 Å². The first kappa shape index (κ1) is 83.4. The number of halogens is 5. The van der Waals surface area contributed by atoms with E-state index in [0.29, 0.717) is 6.79 Å². The smallest absolute Gasteiger partial charge is 1.00 e.